The molecule has 1 aromatic heterocycles. The number of carbonyl (C=O) groups excluding carboxylic acids is 1. The van der Waals surface area contributed by atoms with Gasteiger partial charge in [0.15, 0.2) is 5.70 Å². The van der Waals surface area contributed by atoms with Gasteiger partial charge in [-0.3, -0.25) is 0 Å². The molecule has 0 bridgehead atoms. The van der Waals surface area contributed by atoms with E-state index in [1.165, 1.54) is 17.3 Å². The highest BCUT2D eigenvalue weighted by Crippen LogP contribution is 2.34. The van der Waals surface area contributed by atoms with Crippen molar-refractivity contribution >= 4 is 52.2 Å². The Balaban J connectivity index is 1.53. The number of pyridine rings is 1. The number of hydrogen-bond donors (Lipinski definition) is 0. The second-order valence-corrected chi connectivity index (χ2v) is 10.8. The lowest BCUT2D eigenvalue weighted by Crippen LogP contribution is -2.11. The Hall–Kier alpha value is -3.41. The van der Waals surface area contributed by atoms with E-state index in [9.17, 15) is 4.79 Å². The predicted molar refractivity (Wildman–Crippen MR) is 143 cm³/mol. The monoisotopic (exact) mass is 498 g/mol. The molecule has 0 aliphatic carbocycles. The van der Waals surface area contributed by atoms with Gasteiger partial charge in [0.05, 0.1) is 5.52 Å². The predicted octanol–water partition coefficient (Wildman–Crippen LogP) is 7.68. The SMILES string of the molecule is CC(C)(C)c1ccc(C2=N/C(=C/c3cc4ccccc4nc3Sc3ccc(Cl)cc3)C(=O)O2)cc1. The molecule has 0 unspecified atom stereocenters. The molecule has 3 aromatic carbocycles. The van der Waals surface area contributed by atoms with E-state index in [0.717, 1.165) is 32.0 Å². The summed E-state index contributed by atoms with van der Waals surface area (Å²) in [6.45, 7) is 6.48. The number of carbonyl (C=O) groups is 1. The molecule has 174 valence electrons. The van der Waals surface area contributed by atoms with Crippen LogP contribution in [0, 0.1) is 0 Å². The highest BCUT2D eigenvalue weighted by molar-refractivity contribution is 7.99. The number of hydrogen-bond acceptors (Lipinski definition) is 5. The third-order valence-electron chi connectivity index (χ3n) is 5.66. The van der Waals surface area contributed by atoms with Gasteiger partial charge in [-0.25, -0.2) is 14.8 Å². The zero-order valence-electron chi connectivity index (χ0n) is 19.6. The molecule has 2 heterocycles. The maximum Gasteiger partial charge on any atom is 0.363 e. The van der Waals surface area contributed by atoms with E-state index in [4.69, 9.17) is 21.3 Å². The Kier molecular flexibility index (Phi) is 6.22. The quantitative estimate of drug-likeness (QED) is 0.214. The molecule has 0 N–H and O–H groups in total. The first-order chi connectivity index (χ1) is 16.8. The zero-order chi connectivity index (χ0) is 24.6. The lowest BCUT2D eigenvalue weighted by Gasteiger charge is -2.18. The van der Waals surface area contributed by atoms with E-state index in [1.807, 2.05) is 78.9 Å². The molecular weight excluding hydrogens is 476 g/mol. The van der Waals surface area contributed by atoms with Gasteiger partial charge in [0, 0.05) is 26.4 Å². The summed E-state index contributed by atoms with van der Waals surface area (Å²) in [4.78, 5) is 23.1. The van der Waals surface area contributed by atoms with Gasteiger partial charge in [0.2, 0.25) is 5.90 Å². The van der Waals surface area contributed by atoms with Crippen molar-refractivity contribution < 1.29 is 9.53 Å². The smallest absolute Gasteiger partial charge is 0.363 e. The van der Waals surface area contributed by atoms with Crippen molar-refractivity contribution in [2.75, 3.05) is 0 Å². The molecule has 35 heavy (non-hydrogen) atoms. The van der Waals surface area contributed by atoms with E-state index in [1.54, 1.807) is 6.08 Å². The normalized spacial score (nSPS) is 14.9. The number of cyclic esters (lactones) is 1. The van der Waals surface area contributed by atoms with Crippen molar-refractivity contribution in [1.82, 2.24) is 4.98 Å². The molecular formula is C29H23ClN2O2S. The van der Waals surface area contributed by atoms with E-state index < -0.39 is 5.97 Å². The highest BCUT2D eigenvalue weighted by atomic mass is 35.5. The number of ether oxygens (including phenoxy) is 1. The maximum absolute atomic E-state index is 12.7. The molecule has 0 saturated carbocycles. The molecule has 0 radical (unpaired) electrons. The first-order valence-electron chi connectivity index (χ1n) is 11.2. The Labute approximate surface area is 213 Å². The van der Waals surface area contributed by atoms with Crippen LogP contribution in [0.5, 0.6) is 0 Å². The van der Waals surface area contributed by atoms with Gasteiger partial charge in [0.1, 0.15) is 5.03 Å². The molecule has 1 aliphatic rings. The Morgan fingerprint density at radius 1 is 0.943 bits per heavy atom. The molecule has 4 aromatic rings. The summed E-state index contributed by atoms with van der Waals surface area (Å²) in [5, 5.41) is 2.42. The van der Waals surface area contributed by atoms with Crippen molar-refractivity contribution in [3.63, 3.8) is 0 Å². The zero-order valence-corrected chi connectivity index (χ0v) is 21.2. The molecule has 0 fully saturated rings. The number of benzene rings is 3. The summed E-state index contributed by atoms with van der Waals surface area (Å²) < 4.78 is 5.52. The lowest BCUT2D eigenvalue weighted by atomic mass is 9.87. The average molecular weight is 499 g/mol. The van der Waals surface area contributed by atoms with Crippen LogP contribution in [0.4, 0.5) is 0 Å². The van der Waals surface area contributed by atoms with Crippen molar-refractivity contribution in [3.05, 3.63) is 106 Å². The van der Waals surface area contributed by atoms with Crippen LogP contribution in [0.25, 0.3) is 17.0 Å². The van der Waals surface area contributed by atoms with Crippen molar-refractivity contribution in [1.29, 1.82) is 0 Å². The largest absolute Gasteiger partial charge is 0.402 e. The second kappa shape index (κ2) is 9.33. The fourth-order valence-corrected chi connectivity index (χ4v) is 4.71. The molecule has 1 aliphatic heterocycles. The van der Waals surface area contributed by atoms with Gasteiger partial charge >= 0.3 is 5.97 Å². The lowest BCUT2D eigenvalue weighted by molar-refractivity contribution is -0.129. The Bertz CT molecular complexity index is 1480. The minimum atomic E-state index is -0.476. The first-order valence-corrected chi connectivity index (χ1v) is 12.4. The maximum atomic E-state index is 12.7. The number of esters is 1. The molecule has 5 rings (SSSR count). The van der Waals surface area contributed by atoms with Crippen LogP contribution in [-0.2, 0) is 14.9 Å². The van der Waals surface area contributed by atoms with Crippen LogP contribution in [0.2, 0.25) is 5.02 Å². The van der Waals surface area contributed by atoms with E-state index in [0.29, 0.717) is 10.9 Å². The van der Waals surface area contributed by atoms with Crippen LogP contribution < -0.4 is 0 Å². The average Bonchev–Trinajstić information content (AvgIpc) is 3.20. The fraction of sp³-hybridized carbons (Fsp3) is 0.138. The summed E-state index contributed by atoms with van der Waals surface area (Å²) in [7, 11) is 0. The van der Waals surface area contributed by atoms with Crippen molar-refractivity contribution in [3.8, 4) is 0 Å². The standard InChI is InChI=1S/C29H23ClN2O2S/c1-29(2,3)21-10-8-18(9-11-21)26-31-25(28(33)34-26)17-20-16-19-6-4-5-7-24(19)32-27(20)35-23-14-12-22(30)13-15-23/h4-17H,1-3H3/b25-17+. The summed E-state index contributed by atoms with van der Waals surface area (Å²) in [5.74, 6) is -0.169. The van der Waals surface area contributed by atoms with E-state index in [-0.39, 0.29) is 11.1 Å². The van der Waals surface area contributed by atoms with Gasteiger partial charge in [-0.15, -0.1) is 0 Å². The van der Waals surface area contributed by atoms with Crippen LogP contribution in [0.15, 0.2) is 99.5 Å². The summed E-state index contributed by atoms with van der Waals surface area (Å²) >= 11 is 7.56. The molecule has 0 saturated heterocycles. The number of fused-ring (bicyclic) bond motifs is 1. The topological polar surface area (TPSA) is 51.5 Å². The minimum Gasteiger partial charge on any atom is -0.402 e. The molecule has 0 spiro atoms. The van der Waals surface area contributed by atoms with Gasteiger partial charge in [0.25, 0.3) is 0 Å². The third-order valence-corrected chi connectivity index (χ3v) is 6.94. The molecule has 6 heteroatoms. The van der Waals surface area contributed by atoms with Crippen LogP contribution in [0.1, 0.15) is 37.5 Å². The van der Waals surface area contributed by atoms with Gasteiger partial charge in [-0.2, -0.15) is 0 Å². The second-order valence-electron chi connectivity index (χ2n) is 9.29. The van der Waals surface area contributed by atoms with Crippen LogP contribution >= 0.6 is 23.4 Å². The van der Waals surface area contributed by atoms with Gasteiger partial charge < -0.3 is 4.74 Å². The van der Waals surface area contributed by atoms with E-state index in [2.05, 4.69) is 25.8 Å². The van der Waals surface area contributed by atoms with Crippen molar-refractivity contribution in [2.45, 2.75) is 36.1 Å². The summed E-state index contributed by atoms with van der Waals surface area (Å²) in [6, 6.07) is 25.5. The molecule has 0 atom stereocenters. The number of aromatic nitrogens is 1. The minimum absolute atomic E-state index is 0.0407. The number of rotatable bonds is 4. The summed E-state index contributed by atoms with van der Waals surface area (Å²) in [6.07, 6.45) is 1.75. The molecule has 0 amide bonds. The van der Waals surface area contributed by atoms with Crippen molar-refractivity contribution in [2.24, 2.45) is 4.99 Å². The van der Waals surface area contributed by atoms with Crippen LogP contribution in [-0.4, -0.2) is 16.9 Å². The Morgan fingerprint density at radius 3 is 2.37 bits per heavy atom. The third kappa shape index (κ3) is 5.16. The number of nitrogens with zero attached hydrogens (tertiary/aromatic N) is 2. The first kappa shape index (κ1) is 23.3. The summed E-state index contributed by atoms with van der Waals surface area (Å²) in [5.41, 5.74) is 3.93. The van der Waals surface area contributed by atoms with Gasteiger partial charge in [-0.05, 0) is 65.6 Å². The van der Waals surface area contributed by atoms with Crippen LogP contribution in [0.3, 0.4) is 0 Å². The van der Waals surface area contributed by atoms with Gasteiger partial charge in [-0.1, -0.05) is 74.5 Å². The highest BCUT2D eigenvalue weighted by Gasteiger charge is 2.25. The Morgan fingerprint density at radius 2 is 1.66 bits per heavy atom. The number of para-hydroxylation sites is 1. The fourth-order valence-electron chi connectivity index (χ4n) is 3.71. The number of halogens is 1. The molecule has 4 nitrogen and oxygen atoms in total. The number of aliphatic imine (C=N–C) groups is 1. The van der Waals surface area contributed by atoms with E-state index >= 15 is 0 Å².